The first-order chi connectivity index (χ1) is 10.2. The highest BCUT2D eigenvalue weighted by Crippen LogP contribution is 2.12. The van der Waals surface area contributed by atoms with Crippen LogP contribution < -0.4 is 15.8 Å². The van der Waals surface area contributed by atoms with Crippen molar-refractivity contribution in [2.45, 2.75) is 13.0 Å². The van der Waals surface area contributed by atoms with Gasteiger partial charge in [0.25, 0.3) is 5.91 Å². The van der Waals surface area contributed by atoms with Crippen LogP contribution >= 0.6 is 0 Å². The molecule has 2 aromatic rings. The molecule has 1 aromatic heterocycles. The third-order valence-electron chi connectivity index (χ3n) is 3.09. The van der Waals surface area contributed by atoms with Gasteiger partial charge in [-0.2, -0.15) is 0 Å². The van der Waals surface area contributed by atoms with Gasteiger partial charge in [-0.25, -0.2) is 4.98 Å². The van der Waals surface area contributed by atoms with Gasteiger partial charge in [0.2, 0.25) is 0 Å². The quantitative estimate of drug-likeness (QED) is 0.790. The minimum atomic E-state index is -0.173. The van der Waals surface area contributed by atoms with Gasteiger partial charge in [-0.1, -0.05) is 12.1 Å². The maximum absolute atomic E-state index is 11.9. The number of aromatic nitrogens is 2. The summed E-state index contributed by atoms with van der Waals surface area (Å²) in [5.74, 6) is 0.646. The second kappa shape index (κ2) is 7.44. The van der Waals surface area contributed by atoms with Crippen molar-refractivity contribution in [3.63, 3.8) is 0 Å². The summed E-state index contributed by atoms with van der Waals surface area (Å²) in [5, 5.41) is 2.85. The van der Waals surface area contributed by atoms with E-state index in [0.717, 1.165) is 17.7 Å². The topological polar surface area (TPSA) is 82.2 Å². The molecule has 21 heavy (non-hydrogen) atoms. The van der Waals surface area contributed by atoms with E-state index < -0.39 is 0 Å². The first kappa shape index (κ1) is 15.1. The van der Waals surface area contributed by atoms with Gasteiger partial charge in [0.15, 0.2) is 0 Å². The van der Waals surface area contributed by atoms with Gasteiger partial charge in [-0.3, -0.25) is 4.79 Å². The van der Waals surface area contributed by atoms with E-state index >= 15 is 0 Å². The summed E-state index contributed by atoms with van der Waals surface area (Å²) < 4.78 is 6.97. The fourth-order valence-corrected chi connectivity index (χ4v) is 1.99. The van der Waals surface area contributed by atoms with E-state index in [0.29, 0.717) is 25.3 Å². The molecule has 3 N–H and O–H groups in total. The van der Waals surface area contributed by atoms with Crippen molar-refractivity contribution in [1.82, 2.24) is 14.9 Å². The molecule has 112 valence electrons. The number of methoxy groups -OCH3 is 1. The Labute approximate surface area is 123 Å². The summed E-state index contributed by atoms with van der Waals surface area (Å²) >= 11 is 0. The Morgan fingerprint density at radius 3 is 3.10 bits per heavy atom. The highest BCUT2D eigenvalue weighted by atomic mass is 16.5. The van der Waals surface area contributed by atoms with Gasteiger partial charge in [0.1, 0.15) is 11.4 Å². The van der Waals surface area contributed by atoms with E-state index in [9.17, 15) is 4.79 Å². The average molecular weight is 288 g/mol. The Morgan fingerprint density at radius 2 is 2.33 bits per heavy atom. The van der Waals surface area contributed by atoms with Gasteiger partial charge >= 0.3 is 0 Å². The molecule has 0 spiro atoms. The Hall–Kier alpha value is -2.34. The van der Waals surface area contributed by atoms with Crippen molar-refractivity contribution in [2.24, 2.45) is 5.73 Å². The van der Waals surface area contributed by atoms with Crippen LogP contribution in [0.2, 0.25) is 0 Å². The van der Waals surface area contributed by atoms with Crippen molar-refractivity contribution >= 4 is 5.91 Å². The van der Waals surface area contributed by atoms with Gasteiger partial charge in [0, 0.05) is 25.8 Å². The molecule has 0 aliphatic heterocycles. The van der Waals surface area contributed by atoms with Crippen LogP contribution in [-0.2, 0) is 13.0 Å². The Morgan fingerprint density at radius 1 is 1.48 bits per heavy atom. The average Bonchev–Trinajstić information content (AvgIpc) is 2.96. The van der Waals surface area contributed by atoms with Crippen molar-refractivity contribution in [3.05, 3.63) is 48.0 Å². The summed E-state index contributed by atoms with van der Waals surface area (Å²) in [4.78, 5) is 16.0. The Kier molecular flexibility index (Phi) is 5.34. The molecule has 1 amide bonds. The van der Waals surface area contributed by atoms with E-state index in [1.165, 1.54) is 0 Å². The van der Waals surface area contributed by atoms with Gasteiger partial charge in [0.05, 0.1) is 13.4 Å². The monoisotopic (exact) mass is 288 g/mol. The normalized spacial score (nSPS) is 10.4. The summed E-state index contributed by atoms with van der Waals surface area (Å²) in [7, 11) is 1.64. The number of rotatable bonds is 7. The smallest absolute Gasteiger partial charge is 0.271 e. The molecule has 0 atom stereocenters. The zero-order valence-electron chi connectivity index (χ0n) is 12.1. The molecule has 0 saturated carbocycles. The standard InChI is InChI=1S/C15H20N4O2/c1-21-13-4-2-3-12(9-13)5-7-17-15(20)14-10-19(8-6-16)11-18-14/h2-4,9-11H,5-8,16H2,1H3,(H,17,20). The molecule has 0 aliphatic rings. The first-order valence-electron chi connectivity index (χ1n) is 6.86. The number of imidazole rings is 1. The van der Waals surface area contributed by atoms with Crippen molar-refractivity contribution in [2.75, 3.05) is 20.2 Å². The molecule has 6 heteroatoms. The van der Waals surface area contributed by atoms with E-state index in [1.54, 1.807) is 24.2 Å². The molecular formula is C15H20N4O2. The van der Waals surface area contributed by atoms with Crippen LogP contribution in [0.3, 0.4) is 0 Å². The van der Waals surface area contributed by atoms with E-state index in [1.807, 2.05) is 24.3 Å². The van der Waals surface area contributed by atoms with Crippen LogP contribution in [0.4, 0.5) is 0 Å². The number of nitrogens with two attached hydrogens (primary N) is 1. The molecule has 6 nitrogen and oxygen atoms in total. The Balaban J connectivity index is 1.83. The van der Waals surface area contributed by atoms with Crippen LogP contribution in [0.15, 0.2) is 36.8 Å². The number of benzene rings is 1. The zero-order chi connectivity index (χ0) is 15.1. The van der Waals surface area contributed by atoms with E-state index in [2.05, 4.69) is 10.3 Å². The number of ether oxygens (including phenoxy) is 1. The summed E-state index contributed by atoms with van der Waals surface area (Å²) in [6, 6.07) is 7.80. The lowest BCUT2D eigenvalue weighted by Crippen LogP contribution is -2.26. The molecule has 0 fully saturated rings. The number of carbonyl (C=O) groups is 1. The van der Waals surface area contributed by atoms with Crippen molar-refractivity contribution in [1.29, 1.82) is 0 Å². The predicted molar refractivity (Wildman–Crippen MR) is 80.3 cm³/mol. The summed E-state index contributed by atoms with van der Waals surface area (Å²) in [6.45, 7) is 1.73. The number of hydrogen-bond donors (Lipinski definition) is 2. The van der Waals surface area contributed by atoms with Crippen LogP contribution in [-0.4, -0.2) is 35.7 Å². The molecule has 2 rings (SSSR count). The Bertz CT molecular complexity index is 595. The number of carbonyl (C=O) groups excluding carboxylic acids is 1. The van der Waals surface area contributed by atoms with Crippen molar-refractivity contribution < 1.29 is 9.53 Å². The molecule has 0 bridgehead atoms. The molecule has 0 unspecified atom stereocenters. The van der Waals surface area contributed by atoms with Crippen LogP contribution in [0.1, 0.15) is 16.1 Å². The number of hydrogen-bond acceptors (Lipinski definition) is 4. The molecular weight excluding hydrogens is 268 g/mol. The lowest BCUT2D eigenvalue weighted by molar-refractivity contribution is 0.0949. The van der Waals surface area contributed by atoms with Crippen LogP contribution in [0, 0.1) is 0 Å². The van der Waals surface area contributed by atoms with Crippen LogP contribution in [0.25, 0.3) is 0 Å². The third kappa shape index (κ3) is 4.32. The maximum atomic E-state index is 11.9. The highest BCUT2D eigenvalue weighted by Gasteiger charge is 2.08. The summed E-state index contributed by atoms with van der Waals surface area (Å²) in [6.07, 6.45) is 4.06. The van der Waals surface area contributed by atoms with E-state index in [4.69, 9.17) is 10.5 Å². The number of nitrogens with one attached hydrogen (secondary N) is 1. The first-order valence-corrected chi connectivity index (χ1v) is 6.86. The van der Waals surface area contributed by atoms with Gasteiger partial charge in [-0.05, 0) is 24.1 Å². The predicted octanol–water partition coefficient (Wildman–Crippen LogP) is 0.823. The zero-order valence-corrected chi connectivity index (χ0v) is 12.1. The second-order valence-corrected chi connectivity index (χ2v) is 4.64. The molecule has 0 radical (unpaired) electrons. The highest BCUT2D eigenvalue weighted by molar-refractivity contribution is 5.91. The van der Waals surface area contributed by atoms with E-state index in [-0.39, 0.29) is 5.91 Å². The molecule has 1 aromatic carbocycles. The summed E-state index contributed by atoms with van der Waals surface area (Å²) in [5.41, 5.74) is 6.98. The largest absolute Gasteiger partial charge is 0.497 e. The molecule has 1 heterocycles. The third-order valence-corrected chi connectivity index (χ3v) is 3.09. The number of amides is 1. The fourth-order valence-electron chi connectivity index (χ4n) is 1.99. The SMILES string of the molecule is COc1cccc(CCNC(=O)c2cn(CCN)cn2)c1. The van der Waals surface area contributed by atoms with Crippen molar-refractivity contribution in [3.8, 4) is 5.75 Å². The molecule has 0 saturated heterocycles. The maximum Gasteiger partial charge on any atom is 0.271 e. The minimum Gasteiger partial charge on any atom is -0.497 e. The second-order valence-electron chi connectivity index (χ2n) is 4.64. The fraction of sp³-hybridized carbons (Fsp3) is 0.333. The van der Waals surface area contributed by atoms with Gasteiger partial charge in [-0.15, -0.1) is 0 Å². The van der Waals surface area contributed by atoms with Gasteiger partial charge < -0.3 is 20.4 Å². The minimum absolute atomic E-state index is 0.173. The molecule has 0 aliphatic carbocycles. The lowest BCUT2D eigenvalue weighted by Gasteiger charge is -2.05. The number of nitrogens with zero attached hydrogens (tertiary/aromatic N) is 2. The van der Waals surface area contributed by atoms with Crippen LogP contribution in [0.5, 0.6) is 5.75 Å². The lowest BCUT2D eigenvalue weighted by atomic mass is 10.1.